The van der Waals surface area contributed by atoms with E-state index in [9.17, 15) is 14.4 Å². The van der Waals surface area contributed by atoms with Crippen LogP contribution >= 0.6 is 11.3 Å². The lowest BCUT2D eigenvalue weighted by Crippen LogP contribution is -2.37. The summed E-state index contributed by atoms with van der Waals surface area (Å²) in [4.78, 5) is 40.9. The van der Waals surface area contributed by atoms with Gasteiger partial charge in [-0.15, -0.1) is 0 Å². The van der Waals surface area contributed by atoms with E-state index in [-0.39, 0.29) is 5.91 Å². The van der Waals surface area contributed by atoms with Crippen LogP contribution in [0.2, 0.25) is 0 Å². The van der Waals surface area contributed by atoms with Crippen LogP contribution < -0.4 is 16.0 Å². The summed E-state index contributed by atoms with van der Waals surface area (Å²) in [6.45, 7) is 1.41. The summed E-state index contributed by atoms with van der Waals surface area (Å²) in [6, 6.07) is -0.942. The summed E-state index contributed by atoms with van der Waals surface area (Å²) in [5.41, 5.74) is 0.700. The van der Waals surface area contributed by atoms with E-state index in [1.54, 1.807) is 0 Å². The smallest absolute Gasteiger partial charge is 0.331 e. The molecule has 3 rings (SSSR count). The Hall–Kier alpha value is -2.16. The van der Waals surface area contributed by atoms with Crippen molar-refractivity contribution in [2.75, 3.05) is 25.0 Å². The van der Waals surface area contributed by atoms with Crippen LogP contribution in [0.1, 0.15) is 21.8 Å². The van der Waals surface area contributed by atoms with Gasteiger partial charge in [0.2, 0.25) is 0 Å². The SMILES string of the molecule is O=C1NCCCc2nc(NC(=O)N3CCNC3=O)sc21. The number of carbonyl (C=O) groups excluding carboxylic acids is 3. The third kappa shape index (κ3) is 2.31. The fourth-order valence-corrected chi connectivity index (χ4v) is 3.03. The summed E-state index contributed by atoms with van der Waals surface area (Å²) in [5, 5.41) is 8.23. The molecule has 0 spiro atoms. The van der Waals surface area contributed by atoms with Gasteiger partial charge in [-0.05, 0) is 12.8 Å². The van der Waals surface area contributed by atoms with Crippen molar-refractivity contribution < 1.29 is 14.4 Å². The van der Waals surface area contributed by atoms with Gasteiger partial charge >= 0.3 is 12.1 Å². The summed E-state index contributed by atoms with van der Waals surface area (Å²) < 4.78 is 0. The topological polar surface area (TPSA) is 103 Å². The van der Waals surface area contributed by atoms with E-state index in [1.807, 2.05) is 0 Å². The Bertz CT molecular complexity index is 585. The number of nitrogens with zero attached hydrogens (tertiary/aromatic N) is 2. The average molecular weight is 295 g/mol. The molecule has 1 aromatic rings. The average Bonchev–Trinajstić information content (AvgIpc) is 2.97. The van der Waals surface area contributed by atoms with Crippen LogP contribution in [0, 0.1) is 0 Å². The molecule has 1 aromatic heterocycles. The van der Waals surface area contributed by atoms with E-state index in [0.717, 1.165) is 22.7 Å². The molecule has 0 unspecified atom stereocenters. The molecule has 3 N–H and O–H groups in total. The highest BCUT2D eigenvalue weighted by molar-refractivity contribution is 7.17. The number of fused-ring (bicyclic) bond motifs is 1. The molecular weight excluding hydrogens is 282 g/mol. The normalized spacial score (nSPS) is 18.1. The number of urea groups is 2. The molecule has 8 nitrogen and oxygen atoms in total. The number of anilines is 1. The van der Waals surface area contributed by atoms with Gasteiger partial charge in [0.25, 0.3) is 5.91 Å². The molecule has 0 saturated carbocycles. The van der Waals surface area contributed by atoms with Crippen LogP contribution in [0.4, 0.5) is 14.7 Å². The Balaban J connectivity index is 1.75. The molecular formula is C11H13N5O3S. The number of nitrogens with one attached hydrogen (secondary N) is 3. The standard InChI is InChI=1S/C11H13N5O3S/c17-8-7-6(2-1-3-12-8)14-9(20-7)15-11(19)16-5-4-13-10(16)18/h1-5H2,(H,12,17)(H,13,18)(H,14,15,19). The quantitative estimate of drug-likeness (QED) is 0.696. The summed E-state index contributed by atoms with van der Waals surface area (Å²) in [5.74, 6) is -0.158. The lowest BCUT2D eigenvalue weighted by Gasteiger charge is -2.11. The molecule has 0 atom stereocenters. The predicted molar refractivity (Wildman–Crippen MR) is 71.9 cm³/mol. The zero-order valence-electron chi connectivity index (χ0n) is 10.6. The molecule has 0 aromatic carbocycles. The molecule has 106 valence electrons. The van der Waals surface area contributed by atoms with Crippen LogP contribution in [0.25, 0.3) is 0 Å². The first kappa shape index (κ1) is 12.9. The van der Waals surface area contributed by atoms with Crippen LogP contribution in [-0.4, -0.2) is 47.5 Å². The van der Waals surface area contributed by atoms with Gasteiger partial charge in [0.1, 0.15) is 4.88 Å². The highest BCUT2D eigenvalue weighted by Gasteiger charge is 2.28. The van der Waals surface area contributed by atoms with Gasteiger partial charge in [0.05, 0.1) is 5.69 Å². The minimum atomic E-state index is -0.524. The van der Waals surface area contributed by atoms with E-state index in [1.165, 1.54) is 0 Å². The Morgan fingerprint density at radius 2 is 2.15 bits per heavy atom. The van der Waals surface area contributed by atoms with Gasteiger partial charge in [0.15, 0.2) is 5.13 Å². The summed E-state index contributed by atoms with van der Waals surface area (Å²) >= 11 is 1.13. The predicted octanol–water partition coefficient (Wildman–Crippen LogP) is 0.376. The largest absolute Gasteiger partial charge is 0.351 e. The lowest BCUT2D eigenvalue weighted by molar-refractivity contribution is 0.0959. The maximum absolute atomic E-state index is 11.9. The van der Waals surface area contributed by atoms with E-state index in [4.69, 9.17) is 0 Å². The van der Waals surface area contributed by atoms with Crippen molar-refractivity contribution in [1.29, 1.82) is 0 Å². The molecule has 5 amide bonds. The zero-order valence-corrected chi connectivity index (χ0v) is 11.4. The van der Waals surface area contributed by atoms with Crippen molar-refractivity contribution in [2.45, 2.75) is 12.8 Å². The third-order valence-electron chi connectivity index (χ3n) is 3.10. The van der Waals surface area contributed by atoms with Crippen molar-refractivity contribution in [1.82, 2.24) is 20.5 Å². The van der Waals surface area contributed by atoms with Gasteiger partial charge in [-0.2, -0.15) is 0 Å². The van der Waals surface area contributed by atoms with Gasteiger partial charge < -0.3 is 10.6 Å². The maximum Gasteiger partial charge on any atom is 0.331 e. The summed E-state index contributed by atoms with van der Waals surface area (Å²) in [7, 11) is 0. The molecule has 2 aliphatic heterocycles. The van der Waals surface area contributed by atoms with E-state index in [0.29, 0.717) is 41.8 Å². The molecule has 3 heterocycles. The summed E-state index contributed by atoms with van der Waals surface area (Å²) in [6.07, 6.45) is 1.52. The number of thiazole rings is 1. The molecule has 0 radical (unpaired) electrons. The fraction of sp³-hybridized carbons (Fsp3) is 0.455. The number of aromatic nitrogens is 1. The van der Waals surface area contributed by atoms with Crippen molar-refractivity contribution in [3.63, 3.8) is 0 Å². The first-order valence-electron chi connectivity index (χ1n) is 6.29. The number of hydrogen-bond donors (Lipinski definition) is 3. The molecule has 1 saturated heterocycles. The second kappa shape index (κ2) is 5.08. The minimum Gasteiger partial charge on any atom is -0.351 e. The molecule has 2 aliphatic rings. The van der Waals surface area contributed by atoms with Crippen LogP contribution in [0.3, 0.4) is 0 Å². The van der Waals surface area contributed by atoms with Crippen molar-refractivity contribution in [3.8, 4) is 0 Å². The molecule has 20 heavy (non-hydrogen) atoms. The van der Waals surface area contributed by atoms with Crippen molar-refractivity contribution in [2.24, 2.45) is 0 Å². The second-order valence-electron chi connectivity index (χ2n) is 4.47. The van der Waals surface area contributed by atoms with Crippen molar-refractivity contribution in [3.05, 3.63) is 10.6 Å². The second-order valence-corrected chi connectivity index (χ2v) is 5.47. The van der Waals surface area contributed by atoms with Gasteiger partial charge in [-0.3, -0.25) is 10.1 Å². The van der Waals surface area contributed by atoms with Crippen LogP contribution in [-0.2, 0) is 6.42 Å². The lowest BCUT2D eigenvalue weighted by atomic mass is 10.2. The number of imide groups is 1. The number of amides is 5. The Kier molecular flexibility index (Phi) is 3.26. The van der Waals surface area contributed by atoms with Gasteiger partial charge in [0, 0.05) is 19.6 Å². The highest BCUT2D eigenvalue weighted by Crippen LogP contribution is 2.25. The molecule has 0 aliphatic carbocycles. The van der Waals surface area contributed by atoms with Crippen LogP contribution in [0.15, 0.2) is 0 Å². The number of hydrogen-bond acceptors (Lipinski definition) is 5. The van der Waals surface area contributed by atoms with E-state index in [2.05, 4.69) is 20.9 Å². The molecule has 9 heteroatoms. The third-order valence-corrected chi connectivity index (χ3v) is 4.11. The van der Waals surface area contributed by atoms with E-state index < -0.39 is 12.1 Å². The maximum atomic E-state index is 11.9. The minimum absolute atomic E-state index is 0.158. The monoisotopic (exact) mass is 295 g/mol. The fourth-order valence-electron chi connectivity index (χ4n) is 2.11. The number of aryl methyl sites for hydroxylation is 1. The molecule has 0 bridgehead atoms. The first-order valence-corrected chi connectivity index (χ1v) is 7.11. The number of rotatable bonds is 1. The Morgan fingerprint density at radius 3 is 2.90 bits per heavy atom. The zero-order chi connectivity index (χ0) is 14.1. The van der Waals surface area contributed by atoms with Crippen molar-refractivity contribution >= 4 is 34.4 Å². The first-order chi connectivity index (χ1) is 9.65. The van der Waals surface area contributed by atoms with E-state index >= 15 is 0 Å². The Morgan fingerprint density at radius 1 is 1.30 bits per heavy atom. The van der Waals surface area contributed by atoms with Crippen LogP contribution in [0.5, 0.6) is 0 Å². The Labute approximate surface area is 118 Å². The number of carbonyl (C=O) groups is 3. The molecule has 1 fully saturated rings. The van der Waals surface area contributed by atoms with Gasteiger partial charge in [-0.1, -0.05) is 11.3 Å². The van der Waals surface area contributed by atoms with Gasteiger partial charge in [-0.25, -0.2) is 19.5 Å². The highest BCUT2D eigenvalue weighted by atomic mass is 32.1.